The highest BCUT2D eigenvalue weighted by Crippen LogP contribution is 2.36. The average molecular weight is 306 g/mol. The number of benzene rings is 2. The molecule has 0 N–H and O–H groups in total. The first-order valence-corrected chi connectivity index (χ1v) is 10.8. The van der Waals surface area contributed by atoms with E-state index in [9.17, 15) is 0 Å². The maximum atomic E-state index is 6.73. The molecule has 2 aromatic rings. The van der Waals surface area contributed by atoms with E-state index in [4.69, 9.17) is 4.43 Å². The van der Waals surface area contributed by atoms with Crippen LogP contribution >= 0.6 is 0 Å². The van der Waals surface area contributed by atoms with Crippen LogP contribution in [0.25, 0.3) is 0 Å². The van der Waals surface area contributed by atoms with Gasteiger partial charge in [-0.25, -0.2) is 0 Å². The molecular formula is C20H22OSi. The van der Waals surface area contributed by atoms with Gasteiger partial charge in [-0.3, -0.25) is 0 Å². The lowest BCUT2D eigenvalue weighted by molar-refractivity contribution is 0.235. The van der Waals surface area contributed by atoms with Crippen molar-refractivity contribution in [3.63, 3.8) is 0 Å². The van der Waals surface area contributed by atoms with Gasteiger partial charge in [-0.1, -0.05) is 85.0 Å². The molecule has 0 heterocycles. The summed E-state index contributed by atoms with van der Waals surface area (Å²) < 4.78 is 6.73. The van der Waals surface area contributed by atoms with E-state index in [1.54, 1.807) is 0 Å². The lowest BCUT2D eigenvalue weighted by atomic mass is 10.0. The second kappa shape index (κ2) is 6.47. The van der Waals surface area contributed by atoms with Crippen molar-refractivity contribution in [3.05, 3.63) is 96.1 Å². The molecule has 0 aliphatic heterocycles. The first kappa shape index (κ1) is 15.0. The molecule has 0 amide bonds. The third-order valence-corrected chi connectivity index (χ3v) is 7.01. The minimum Gasteiger partial charge on any atom is -0.406 e. The van der Waals surface area contributed by atoms with Crippen LogP contribution in [-0.4, -0.2) is 8.32 Å². The van der Waals surface area contributed by atoms with Crippen LogP contribution < -0.4 is 0 Å². The molecular weight excluding hydrogens is 284 g/mol. The Morgan fingerprint density at radius 1 is 0.773 bits per heavy atom. The predicted octanol–water partition coefficient (Wildman–Crippen LogP) is 5.49. The van der Waals surface area contributed by atoms with E-state index in [2.05, 4.69) is 98.1 Å². The Hall–Kier alpha value is -1.90. The van der Waals surface area contributed by atoms with Crippen molar-refractivity contribution in [1.82, 2.24) is 0 Å². The second-order valence-corrected chi connectivity index (χ2v) is 10.3. The Morgan fingerprint density at radius 2 is 1.23 bits per heavy atom. The number of hydrogen-bond acceptors (Lipinski definition) is 1. The molecule has 22 heavy (non-hydrogen) atoms. The summed E-state index contributed by atoms with van der Waals surface area (Å²) in [4.78, 5) is 0. The largest absolute Gasteiger partial charge is 0.406 e. The normalized spacial score (nSPS) is 14.9. The highest BCUT2D eigenvalue weighted by molar-refractivity contribution is 6.73. The fourth-order valence-corrected chi connectivity index (χ4v) is 5.05. The number of rotatable bonds is 5. The minimum absolute atomic E-state index is 0.00599. The molecule has 0 atom stereocenters. The van der Waals surface area contributed by atoms with Crippen LogP contribution in [0.4, 0.5) is 0 Å². The first-order valence-electron chi connectivity index (χ1n) is 7.79. The van der Waals surface area contributed by atoms with Gasteiger partial charge in [0.2, 0.25) is 0 Å². The van der Waals surface area contributed by atoms with Gasteiger partial charge in [0.15, 0.2) is 8.32 Å². The molecule has 0 radical (unpaired) electrons. The molecule has 0 fully saturated rings. The second-order valence-electron chi connectivity index (χ2n) is 6.22. The van der Waals surface area contributed by atoms with Crippen molar-refractivity contribution < 1.29 is 4.43 Å². The predicted molar refractivity (Wildman–Crippen MR) is 95.3 cm³/mol. The van der Waals surface area contributed by atoms with Crippen LogP contribution in [0.2, 0.25) is 18.6 Å². The van der Waals surface area contributed by atoms with Crippen molar-refractivity contribution in [2.24, 2.45) is 0 Å². The van der Waals surface area contributed by atoms with Crippen molar-refractivity contribution >= 4 is 8.32 Å². The molecule has 0 saturated heterocycles. The standard InChI is InChI=1S/C20H22OSi/c1-22(2,19-15-9-10-16-19)21-20(17-11-5-3-6-12-17)18-13-7-4-8-14-18/h3-16,19-20H,1-2H3. The zero-order chi connectivity index (χ0) is 15.4. The summed E-state index contributed by atoms with van der Waals surface area (Å²) in [5.74, 6) is 0. The monoisotopic (exact) mass is 306 g/mol. The van der Waals surface area contributed by atoms with Crippen LogP contribution in [0.15, 0.2) is 85.0 Å². The van der Waals surface area contributed by atoms with Crippen molar-refractivity contribution in [1.29, 1.82) is 0 Å². The Morgan fingerprint density at radius 3 is 1.68 bits per heavy atom. The van der Waals surface area contributed by atoms with E-state index in [1.807, 2.05) is 0 Å². The van der Waals surface area contributed by atoms with Crippen LogP contribution in [0.3, 0.4) is 0 Å². The average Bonchev–Trinajstić information content (AvgIpc) is 3.10. The van der Waals surface area contributed by atoms with Gasteiger partial charge >= 0.3 is 0 Å². The summed E-state index contributed by atoms with van der Waals surface area (Å²) in [7, 11) is -1.87. The zero-order valence-corrected chi connectivity index (χ0v) is 14.1. The van der Waals surface area contributed by atoms with Gasteiger partial charge in [-0.05, 0) is 24.2 Å². The fraction of sp³-hybridized carbons (Fsp3) is 0.200. The Balaban J connectivity index is 1.92. The zero-order valence-electron chi connectivity index (χ0n) is 13.1. The van der Waals surface area contributed by atoms with E-state index >= 15 is 0 Å². The molecule has 1 aliphatic rings. The molecule has 0 aromatic heterocycles. The molecule has 0 bridgehead atoms. The molecule has 3 rings (SSSR count). The summed E-state index contributed by atoms with van der Waals surface area (Å²) in [6, 6.07) is 21.1. The van der Waals surface area contributed by atoms with Crippen molar-refractivity contribution in [2.45, 2.75) is 24.7 Å². The van der Waals surface area contributed by atoms with E-state index < -0.39 is 8.32 Å². The highest BCUT2D eigenvalue weighted by atomic mass is 28.4. The van der Waals surface area contributed by atoms with Gasteiger partial charge in [-0.2, -0.15) is 0 Å². The molecule has 1 nitrogen and oxygen atoms in total. The number of allylic oxidation sites excluding steroid dienone is 4. The van der Waals surface area contributed by atoms with E-state index in [0.717, 1.165) is 0 Å². The summed E-state index contributed by atoms with van der Waals surface area (Å²) in [5.41, 5.74) is 2.89. The quantitative estimate of drug-likeness (QED) is 0.663. The molecule has 2 aromatic carbocycles. The Kier molecular flexibility index (Phi) is 4.41. The van der Waals surface area contributed by atoms with Crippen molar-refractivity contribution in [3.8, 4) is 0 Å². The molecule has 0 unspecified atom stereocenters. The minimum atomic E-state index is -1.87. The topological polar surface area (TPSA) is 9.23 Å². The van der Waals surface area contributed by atoms with Gasteiger partial charge in [0.05, 0.1) is 6.10 Å². The molecule has 2 heteroatoms. The molecule has 112 valence electrons. The Bertz CT molecular complexity index is 607. The van der Waals surface area contributed by atoms with Gasteiger partial charge < -0.3 is 4.43 Å². The Labute approximate surface area is 134 Å². The number of hydrogen-bond donors (Lipinski definition) is 0. The third-order valence-electron chi connectivity index (χ3n) is 4.18. The van der Waals surface area contributed by atoms with Gasteiger partial charge in [0.1, 0.15) is 0 Å². The fourth-order valence-electron chi connectivity index (χ4n) is 2.86. The first-order chi connectivity index (χ1) is 10.7. The van der Waals surface area contributed by atoms with Crippen LogP contribution in [0, 0.1) is 0 Å². The lowest BCUT2D eigenvalue weighted by Crippen LogP contribution is -2.36. The van der Waals surface area contributed by atoms with Crippen molar-refractivity contribution in [2.75, 3.05) is 0 Å². The van der Waals surface area contributed by atoms with Gasteiger partial charge in [0.25, 0.3) is 0 Å². The maximum absolute atomic E-state index is 6.73. The van der Waals surface area contributed by atoms with Crippen LogP contribution in [0.5, 0.6) is 0 Å². The van der Waals surface area contributed by atoms with Gasteiger partial charge in [-0.15, -0.1) is 0 Å². The highest BCUT2D eigenvalue weighted by Gasteiger charge is 2.34. The smallest absolute Gasteiger partial charge is 0.198 e. The van der Waals surface area contributed by atoms with Gasteiger partial charge in [0, 0.05) is 5.54 Å². The summed E-state index contributed by atoms with van der Waals surface area (Å²) in [6.07, 6.45) is 8.79. The molecule has 0 spiro atoms. The maximum Gasteiger partial charge on any atom is 0.198 e. The lowest BCUT2D eigenvalue weighted by Gasteiger charge is -2.33. The van der Waals surface area contributed by atoms with E-state index in [-0.39, 0.29) is 6.10 Å². The molecule has 0 saturated carbocycles. The summed E-state index contributed by atoms with van der Waals surface area (Å²) >= 11 is 0. The van der Waals surface area contributed by atoms with Crippen LogP contribution in [0.1, 0.15) is 17.2 Å². The van der Waals surface area contributed by atoms with E-state index in [0.29, 0.717) is 5.54 Å². The SMILES string of the molecule is C[Si](C)(OC(c1ccccc1)c1ccccc1)C1C=CC=C1. The summed E-state index contributed by atoms with van der Waals surface area (Å²) in [5, 5.41) is 0. The summed E-state index contributed by atoms with van der Waals surface area (Å²) in [6.45, 7) is 4.60. The third kappa shape index (κ3) is 3.29. The van der Waals surface area contributed by atoms with E-state index in [1.165, 1.54) is 11.1 Å². The van der Waals surface area contributed by atoms with Crippen LogP contribution in [-0.2, 0) is 4.43 Å². The molecule has 1 aliphatic carbocycles.